The van der Waals surface area contributed by atoms with Crippen molar-refractivity contribution in [3.8, 4) is 11.4 Å². The van der Waals surface area contributed by atoms with Crippen molar-refractivity contribution in [3.05, 3.63) is 36.0 Å². The number of anilines is 1. The van der Waals surface area contributed by atoms with Gasteiger partial charge in [-0.05, 0) is 0 Å². The van der Waals surface area contributed by atoms with Crippen LogP contribution in [0.5, 0.6) is 0 Å². The molecule has 0 fully saturated rings. The molecule has 0 unspecified atom stereocenters. The normalized spacial score (nSPS) is 10.9. The zero-order valence-corrected chi connectivity index (χ0v) is 9.16. The Balaban J connectivity index is 2.27. The average molecular weight is 243 g/mol. The fourth-order valence-corrected chi connectivity index (χ4v) is 1.79. The summed E-state index contributed by atoms with van der Waals surface area (Å²) in [5, 5.41) is 19.5. The Labute approximate surface area is 101 Å². The number of carboxylic acid groups (broad SMARTS) is 1. The lowest BCUT2D eigenvalue weighted by atomic mass is 10.2. The van der Waals surface area contributed by atoms with Crippen molar-refractivity contribution in [3.63, 3.8) is 0 Å². The van der Waals surface area contributed by atoms with Crippen molar-refractivity contribution in [2.24, 2.45) is 0 Å². The Morgan fingerprint density at radius 1 is 1.28 bits per heavy atom. The lowest BCUT2D eigenvalue weighted by Crippen LogP contribution is -2.02. The zero-order valence-electron chi connectivity index (χ0n) is 9.16. The van der Waals surface area contributed by atoms with E-state index in [-0.39, 0.29) is 11.4 Å². The van der Waals surface area contributed by atoms with E-state index < -0.39 is 5.97 Å². The van der Waals surface area contributed by atoms with Crippen LogP contribution < -0.4 is 5.73 Å². The number of nitrogens with one attached hydrogen (secondary N) is 1. The molecule has 3 rings (SSSR count). The van der Waals surface area contributed by atoms with Gasteiger partial charge in [0.2, 0.25) is 5.65 Å². The largest absolute Gasteiger partial charge is 0.476 e. The summed E-state index contributed by atoms with van der Waals surface area (Å²) in [6, 6.07) is 9.32. The molecule has 0 aliphatic heterocycles. The van der Waals surface area contributed by atoms with Gasteiger partial charge in [0.05, 0.1) is 0 Å². The van der Waals surface area contributed by atoms with Gasteiger partial charge in [-0.2, -0.15) is 0 Å². The van der Waals surface area contributed by atoms with E-state index in [1.807, 2.05) is 30.3 Å². The molecule has 7 nitrogen and oxygen atoms in total. The number of nitrogen functional groups attached to an aromatic ring is 1. The molecule has 0 spiro atoms. The number of benzene rings is 1. The minimum Gasteiger partial charge on any atom is -0.476 e. The molecule has 18 heavy (non-hydrogen) atoms. The Morgan fingerprint density at radius 3 is 2.67 bits per heavy atom. The number of carbonyl (C=O) groups is 1. The summed E-state index contributed by atoms with van der Waals surface area (Å²) >= 11 is 0. The summed E-state index contributed by atoms with van der Waals surface area (Å²) in [6.07, 6.45) is 0. The van der Waals surface area contributed by atoms with Gasteiger partial charge in [-0.1, -0.05) is 30.3 Å². The fourth-order valence-electron chi connectivity index (χ4n) is 1.79. The van der Waals surface area contributed by atoms with E-state index in [2.05, 4.69) is 15.3 Å². The van der Waals surface area contributed by atoms with Crippen molar-refractivity contribution in [2.75, 3.05) is 5.73 Å². The first-order valence-corrected chi connectivity index (χ1v) is 5.20. The number of aromatic nitrogens is 4. The first kappa shape index (κ1) is 10.3. The van der Waals surface area contributed by atoms with Crippen molar-refractivity contribution >= 4 is 17.3 Å². The number of H-pyrrole nitrogens is 1. The van der Waals surface area contributed by atoms with E-state index in [1.165, 1.54) is 4.52 Å². The van der Waals surface area contributed by atoms with E-state index in [0.717, 1.165) is 5.56 Å². The van der Waals surface area contributed by atoms with E-state index in [1.54, 1.807) is 0 Å². The van der Waals surface area contributed by atoms with Gasteiger partial charge in [-0.15, -0.1) is 10.2 Å². The maximum absolute atomic E-state index is 11.0. The number of fused-ring (bicyclic) bond motifs is 1. The van der Waals surface area contributed by atoms with Gasteiger partial charge in [-0.25, -0.2) is 9.31 Å². The second kappa shape index (κ2) is 3.59. The number of hydrogen-bond acceptors (Lipinski definition) is 4. The number of nitrogens with zero attached hydrogens (tertiary/aromatic N) is 3. The molecular formula is C11H9N5O2. The summed E-state index contributed by atoms with van der Waals surface area (Å²) in [5.74, 6) is -0.609. The van der Waals surface area contributed by atoms with Crippen LogP contribution in [0.1, 0.15) is 10.5 Å². The van der Waals surface area contributed by atoms with E-state index in [0.29, 0.717) is 11.5 Å². The van der Waals surface area contributed by atoms with Gasteiger partial charge in [-0.3, -0.25) is 5.10 Å². The Kier molecular flexibility index (Phi) is 2.06. The standard InChI is InChI=1S/C11H9N5O2/c12-7-8(11(17)18)15-16-9(13-14-10(7)16)6-4-2-1-3-5-6/h1-5,15H,12H2,(H,17,18). The molecule has 4 N–H and O–H groups in total. The molecule has 0 radical (unpaired) electrons. The van der Waals surface area contributed by atoms with Crippen LogP contribution in [0, 0.1) is 0 Å². The second-order valence-electron chi connectivity index (χ2n) is 3.75. The lowest BCUT2D eigenvalue weighted by molar-refractivity contribution is 0.0691. The number of aromatic carboxylic acids is 1. The van der Waals surface area contributed by atoms with Crippen LogP contribution in [0.15, 0.2) is 30.3 Å². The van der Waals surface area contributed by atoms with Crippen molar-refractivity contribution < 1.29 is 9.90 Å². The first-order chi connectivity index (χ1) is 8.68. The summed E-state index contributed by atoms with van der Waals surface area (Å²) in [4.78, 5) is 11.0. The maximum Gasteiger partial charge on any atom is 0.356 e. The third-order valence-corrected chi connectivity index (χ3v) is 2.64. The third kappa shape index (κ3) is 1.34. The number of aromatic amines is 1. The van der Waals surface area contributed by atoms with Crippen molar-refractivity contribution in [1.29, 1.82) is 0 Å². The molecule has 2 heterocycles. The van der Waals surface area contributed by atoms with E-state index in [4.69, 9.17) is 10.8 Å². The predicted molar refractivity (Wildman–Crippen MR) is 64.1 cm³/mol. The summed E-state index contributed by atoms with van der Waals surface area (Å²) in [5.41, 5.74) is 6.82. The van der Waals surface area contributed by atoms with Crippen molar-refractivity contribution in [1.82, 2.24) is 19.8 Å². The molecule has 0 saturated carbocycles. The van der Waals surface area contributed by atoms with Gasteiger partial charge >= 0.3 is 5.97 Å². The molecule has 0 amide bonds. The minimum absolute atomic E-state index is 0.0807. The third-order valence-electron chi connectivity index (χ3n) is 2.64. The quantitative estimate of drug-likeness (QED) is 0.622. The predicted octanol–water partition coefficient (Wildman–Crippen LogP) is 1.00. The van der Waals surface area contributed by atoms with Crippen LogP contribution in [0.25, 0.3) is 17.0 Å². The van der Waals surface area contributed by atoms with Gasteiger partial charge in [0.1, 0.15) is 5.69 Å². The number of carboxylic acids is 1. The molecule has 7 heteroatoms. The molecule has 0 bridgehead atoms. The van der Waals surface area contributed by atoms with Crippen LogP contribution in [0.4, 0.5) is 5.69 Å². The summed E-state index contributed by atoms with van der Waals surface area (Å²) in [7, 11) is 0. The molecule has 3 aromatic rings. The lowest BCUT2D eigenvalue weighted by Gasteiger charge is -1.96. The topological polar surface area (TPSA) is 109 Å². The smallest absolute Gasteiger partial charge is 0.356 e. The molecule has 1 aromatic carbocycles. The molecule has 0 atom stereocenters. The van der Waals surface area contributed by atoms with Crippen LogP contribution in [0.2, 0.25) is 0 Å². The monoisotopic (exact) mass is 243 g/mol. The average Bonchev–Trinajstić information content (AvgIpc) is 2.91. The van der Waals surface area contributed by atoms with Gasteiger partial charge in [0.15, 0.2) is 11.5 Å². The number of hydrogen-bond donors (Lipinski definition) is 3. The molecule has 0 aliphatic carbocycles. The molecular weight excluding hydrogens is 234 g/mol. The zero-order chi connectivity index (χ0) is 12.7. The van der Waals surface area contributed by atoms with Crippen molar-refractivity contribution in [2.45, 2.75) is 0 Å². The first-order valence-electron chi connectivity index (χ1n) is 5.20. The van der Waals surface area contributed by atoms with Crippen LogP contribution in [-0.2, 0) is 0 Å². The van der Waals surface area contributed by atoms with E-state index in [9.17, 15) is 4.79 Å². The highest BCUT2D eigenvalue weighted by Gasteiger charge is 2.19. The SMILES string of the molecule is Nc1c(C(=O)O)[nH]n2c(-c3ccccc3)nnc12. The molecule has 90 valence electrons. The second-order valence-corrected chi connectivity index (χ2v) is 3.75. The Hall–Kier alpha value is -2.83. The summed E-state index contributed by atoms with van der Waals surface area (Å²) in [6.45, 7) is 0. The Morgan fingerprint density at radius 2 is 2.00 bits per heavy atom. The van der Waals surface area contributed by atoms with Crippen LogP contribution in [-0.4, -0.2) is 30.9 Å². The van der Waals surface area contributed by atoms with Gasteiger partial charge < -0.3 is 10.8 Å². The maximum atomic E-state index is 11.0. The van der Waals surface area contributed by atoms with Gasteiger partial charge in [0, 0.05) is 5.56 Å². The molecule has 2 aromatic heterocycles. The molecule has 0 saturated heterocycles. The van der Waals surface area contributed by atoms with Crippen LogP contribution in [0.3, 0.4) is 0 Å². The van der Waals surface area contributed by atoms with Gasteiger partial charge in [0.25, 0.3) is 0 Å². The number of rotatable bonds is 2. The summed E-state index contributed by atoms with van der Waals surface area (Å²) < 4.78 is 1.47. The van der Waals surface area contributed by atoms with E-state index >= 15 is 0 Å². The Bertz CT molecular complexity index is 729. The van der Waals surface area contributed by atoms with Crippen LogP contribution >= 0.6 is 0 Å². The highest BCUT2D eigenvalue weighted by molar-refractivity contribution is 5.95. The number of nitrogens with two attached hydrogens (primary N) is 1. The molecule has 0 aliphatic rings. The minimum atomic E-state index is -1.13. The highest BCUT2D eigenvalue weighted by atomic mass is 16.4. The highest BCUT2D eigenvalue weighted by Crippen LogP contribution is 2.22. The fraction of sp³-hybridized carbons (Fsp3) is 0.